The largest absolute Gasteiger partial charge is 0.144 e. The lowest BCUT2D eigenvalue weighted by molar-refractivity contribution is 0.976. The predicted octanol–water partition coefficient (Wildman–Crippen LogP) is 5.02. The van der Waals surface area contributed by atoms with Gasteiger partial charge in [-0.25, -0.2) is 0 Å². The van der Waals surface area contributed by atoms with Crippen molar-refractivity contribution in [2.45, 2.75) is 26.2 Å². The number of allylic oxidation sites excluding steroid dienone is 2. The Morgan fingerprint density at radius 2 is 2.00 bits per heavy atom. The normalized spacial score (nSPS) is 14.2. The molecule has 0 bridgehead atoms. The fraction of sp³-hybridized carbons (Fsp3) is 0.250. The van der Waals surface area contributed by atoms with Crippen LogP contribution in [0.2, 0.25) is 0 Å². The Morgan fingerprint density at radius 1 is 1.12 bits per heavy atom. The van der Waals surface area contributed by atoms with E-state index in [1.165, 1.54) is 28.8 Å². The van der Waals surface area contributed by atoms with Crippen LogP contribution in [-0.4, -0.2) is 0 Å². The van der Waals surface area contributed by atoms with Gasteiger partial charge >= 0.3 is 0 Å². The Bertz CT molecular complexity index is 547. The summed E-state index contributed by atoms with van der Waals surface area (Å²) < 4.78 is 0. The maximum absolute atomic E-state index is 2.28. The smallest absolute Gasteiger partial charge is 0.0308 e. The quantitative estimate of drug-likeness (QED) is 0.707. The monoisotopic (exact) mass is 240 g/mol. The van der Waals surface area contributed by atoms with Crippen LogP contribution in [0.25, 0.3) is 11.1 Å². The van der Waals surface area contributed by atoms with Gasteiger partial charge in [0.25, 0.3) is 0 Å². The highest BCUT2D eigenvalue weighted by Gasteiger charge is 2.21. The highest BCUT2D eigenvalue weighted by molar-refractivity contribution is 7.11. The fourth-order valence-electron chi connectivity index (χ4n) is 2.65. The summed E-state index contributed by atoms with van der Waals surface area (Å²) >= 11 is 1.86. The van der Waals surface area contributed by atoms with Crippen molar-refractivity contribution < 1.29 is 0 Å². The van der Waals surface area contributed by atoms with Gasteiger partial charge in [0.2, 0.25) is 0 Å². The maximum Gasteiger partial charge on any atom is 0.0308 e. The minimum atomic E-state index is 1.12. The van der Waals surface area contributed by atoms with Gasteiger partial charge in [-0.2, -0.15) is 0 Å². The zero-order valence-electron chi connectivity index (χ0n) is 10.1. The number of hydrogen-bond donors (Lipinski definition) is 0. The van der Waals surface area contributed by atoms with Crippen LogP contribution < -0.4 is 0 Å². The minimum absolute atomic E-state index is 1.12. The van der Waals surface area contributed by atoms with Gasteiger partial charge in [-0.05, 0) is 46.6 Å². The summed E-state index contributed by atoms with van der Waals surface area (Å²) in [5.41, 5.74) is 6.12. The van der Waals surface area contributed by atoms with Gasteiger partial charge in [0, 0.05) is 4.88 Å². The van der Waals surface area contributed by atoms with E-state index >= 15 is 0 Å². The van der Waals surface area contributed by atoms with E-state index in [4.69, 9.17) is 0 Å². The van der Waals surface area contributed by atoms with Gasteiger partial charge in [0.15, 0.2) is 0 Å². The van der Waals surface area contributed by atoms with Gasteiger partial charge in [-0.3, -0.25) is 0 Å². The predicted molar refractivity (Wildman–Crippen MR) is 76.2 cm³/mol. The Morgan fingerprint density at radius 3 is 2.76 bits per heavy atom. The number of rotatable bonds is 3. The number of hydrogen-bond acceptors (Lipinski definition) is 1. The molecule has 0 amide bonds. The van der Waals surface area contributed by atoms with E-state index in [0.29, 0.717) is 0 Å². The van der Waals surface area contributed by atoms with Crippen LogP contribution in [0.1, 0.15) is 35.8 Å². The van der Waals surface area contributed by atoms with E-state index in [2.05, 4.69) is 48.7 Å². The average molecular weight is 240 g/mol. The lowest BCUT2D eigenvalue weighted by Gasteiger charge is -2.05. The highest BCUT2D eigenvalue weighted by atomic mass is 32.1. The molecule has 1 heterocycles. The van der Waals surface area contributed by atoms with E-state index in [1.54, 1.807) is 11.1 Å². The lowest BCUT2D eigenvalue weighted by Crippen LogP contribution is -1.83. The Kier molecular flexibility index (Phi) is 2.86. The van der Waals surface area contributed by atoms with Crippen molar-refractivity contribution in [2.24, 2.45) is 0 Å². The standard InChI is InChI=1S/C16H16S/c1-2-6-14-13-8-4-3-7-12(13)11-15(14)16-9-5-10-17-16/h3-5,7-10H,2,6,11H2,1H3. The SMILES string of the molecule is CCCC1=C(c2cccs2)Cc2ccccc21. The van der Waals surface area contributed by atoms with Gasteiger partial charge in [0.05, 0.1) is 0 Å². The van der Waals surface area contributed by atoms with Crippen molar-refractivity contribution in [1.82, 2.24) is 0 Å². The molecule has 1 aromatic heterocycles. The number of fused-ring (bicyclic) bond motifs is 1. The van der Waals surface area contributed by atoms with Crippen LogP contribution in [0.3, 0.4) is 0 Å². The Hall–Kier alpha value is -1.34. The molecule has 0 fully saturated rings. The third-order valence-electron chi connectivity index (χ3n) is 3.39. The summed E-state index contributed by atoms with van der Waals surface area (Å²) in [5.74, 6) is 0. The van der Waals surface area contributed by atoms with Crippen molar-refractivity contribution in [3.8, 4) is 0 Å². The van der Waals surface area contributed by atoms with Crippen LogP contribution >= 0.6 is 11.3 Å². The van der Waals surface area contributed by atoms with Crippen LogP contribution in [-0.2, 0) is 6.42 Å². The van der Waals surface area contributed by atoms with Gasteiger partial charge in [0.1, 0.15) is 0 Å². The van der Waals surface area contributed by atoms with Crippen LogP contribution in [0.5, 0.6) is 0 Å². The van der Waals surface area contributed by atoms with Crippen LogP contribution in [0.4, 0.5) is 0 Å². The topological polar surface area (TPSA) is 0 Å². The first-order valence-electron chi connectivity index (χ1n) is 6.24. The highest BCUT2D eigenvalue weighted by Crippen LogP contribution is 2.41. The Labute approximate surface area is 107 Å². The summed E-state index contributed by atoms with van der Waals surface area (Å²) in [6.45, 7) is 2.26. The zero-order valence-corrected chi connectivity index (χ0v) is 10.9. The van der Waals surface area contributed by atoms with E-state index in [1.807, 2.05) is 11.3 Å². The molecule has 0 unspecified atom stereocenters. The van der Waals surface area contributed by atoms with E-state index in [-0.39, 0.29) is 0 Å². The van der Waals surface area contributed by atoms with Crippen LogP contribution in [0.15, 0.2) is 41.8 Å². The molecule has 0 N–H and O–H groups in total. The molecule has 86 valence electrons. The molecule has 1 heteroatoms. The number of benzene rings is 1. The second kappa shape index (κ2) is 4.50. The molecule has 17 heavy (non-hydrogen) atoms. The maximum atomic E-state index is 2.28. The fourth-order valence-corrected chi connectivity index (χ4v) is 3.45. The minimum Gasteiger partial charge on any atom is -0.144 e. The summed E-state index contributed by atoms with van der Waals surface area (Å²) in [6, 6.07) is 13.3. The second-order valence-electron chi connectivity index (χ2n) is 4.52. The third kappa shape index (κ3) is 1.85. The van der Waals surface area contributed by atoms with Crippen molar-refractivity contribution in [3.63, 3.8) is 0 Å². The molecule has 2 aromatic rings. The summed E-state index contributed by atoms with van der Waals surface area (Å²) in [6.07, 6.45) is 3.54. The molecule has 1 aromatic carbocycles. The third-order valence-corrected chi connectivity index (χ3v) is 4.32. The van der Waals surface area contributed by atoms with E-state index < -0.39 is 0 Å². The first-order valence-corrected chi connectivity index (χ1v) is 7.12. The molecule has 0 saturated heterocycles. The lowest BCUT2D eigenvalue weighted by atomic mass is 10.0. The molecule has 0 nitrogen and oxygen atoms in total. The number of thiophene rings is 1. The van der Waals surface area contributed by atoms with E-state index in [9.17, 15) is 0 Å². The molecule has 1 aliphatic carbocycles. The molecule has 0 aliphatic heterocycles. The molecule has 1 aliphatic rings. The van der Waals surface area contributed by atoms with Crippen molar-refractivity contribution in [3.05, 3.63) is 57.8 Å². The molecule has 0 saturated carbocycles. The molecular formula is C16H16S. The first kappa shape index (κ1) is 10.8. The van der Waals surface area contributed by atoms with Gasteiger partial charge in [-0.15, -0.1) is 11.3 Å². The van der Waals surface area contributed by atoms with Gasteiger partial charge in [-0.1, -0.05) is 43.7 Å². The molecular weight excluding hydrogens is 224 g/mol. The molecule has 3 rings (SSSR count). The molecule has 0 radical (unpaired) electrons. The van der Waals surface area contributed by atoms with Crippen molar-refractivity contribution in [2.75, 3.05) is 0 Å². The first-order chi connectivity index (χ1) is 8.40. The van der Waals surface area contributed by atoms with Gasteiger partial charge < -0.3 is 0 Å². The summed E-state index contributed by atoms with van der Waals surface area (Å²) in [7, 11) is 0. The molecule has 0 atom stereocenters. The van der Waals surface area contributed by atoms with Crippen LogP contribution in [0, 0.1) is 0 Å². The molecule has 0 spiro atoms. The summed E-state index contributed by atoms with van der Waals surface area (Å²) in [4.78, 5) is 1.45. The zero-order chi connectivity index (χ0) is 11.7. The van der Waals surface area contributed by atoms with Crippen molar-refractivity contribution in [1.29, 1.82) is 0 Å². The second-order valence-corrected chi connectivity index (χ2v) is 5.47. The summed E-state index contributed by atoms with van der Waals surface area (Å²) in [5, 5.41) is 2.18. The average Bonchev–Trinajstić information content (AvgIpc) is 2.97. The van der Waals surface area contributed by atoms with Crippen molar-refractivity contribution >= 4 is 22.5 Å². The Balaban J connectivity index is 2.11. The van der Waals surface area contributed by atoms with E-state index in [0.717, 1.165) is 6.42 Å².